The number of amides is 3. The second-order valence-electron chi connectivity index (χ2n) is 7.51. The molecular weight excluding hydrogens is 378 g/mol. The summed E-state index contributed by atoms with van der Waals surface area (Å²) in [6.45, 7) is 5.66. The van der Waals surface area contributed by atoms with Gasteiger partial charge in [-0.2, -0.15) is 0 Å². The molecule has 0 aromatic heterocycles. The molecule has 0 saturated heterocycles. The minimum Gasteiger partial charge on any atom is -0.345 e. The Balaban J connectivity index is 1.77. The van der Waals surface area contributed by atoms with E-state index < -0.39 is 6.04 Å². The molecule has 3 rings (SSSR count). The molecule has 0 unspecified atom stereocenters. The van der Waals surface area contributed by atoms with Crippen LogP contribution in [0.2, 0.25) is 0 Å². The summed E-state index contributed by atoms with van der Waals surface area (Å²) < 4.78 is 0. The van der Waals surface area contributed by atoms with Crippen LogP contribution in [0.5, 0.6) is 0 Å². The van der Waals surface area contributed by atoms with Gasteiger partial charge in [-0.3, -0.25) is 14.4 Å². The molecule has 0 aliphatic carbocycles. The molecule has 158 valence electrons. The van der Waals surface area contributed by atoms with Crippen molar-refractivity contribution in [1.82, 2.24) is 15.1 Å². The molecule has 1 N–H and O–H groups in total. The fourth-order valence-electron chi connectivity index (χ4n) is 3.87. The summed E-state index contributed by atoms with van der Waals surface area (Å²) in [5.74, 6) is -0.593. The Morgan fingerprint density at radius 1 is 0.967 bits per heavy atom. The zero-order valence-corrected chi connectivity index (χ0v) is 17.6. The molecule has 3 amide bonds. The van der Waals surface area contributed by atoms with Gasteiger partial charge in [-0.05, 0) is 30.0 Å². The van der Waals surface area contributed by atoms with Crippen molar-refractivity contribution in [2.24, 2.45) is 0 Å². The highest BCUT2D eigenvalue weighted by Crippen LogP contribution is 2.34. The van der Waals surface area contributed by atoms with E-state index in [4.69, 9.17) is 0 Å². The summed E-state index contributed by atoms with van der Waals surface area (Å²) >= 11 is 0. The van der Waals surface area contributed by atoms with Crippen LogP contribution in [0.4, 0.5) is 0 Å². The van der Waals surface area contributed by atoms with Crippen LogP contribution in [0.15, 0.2) is 54.6 Å². The van der Waals surface area contributed by atoms with Crippen LogP contribution in [-0.2, 0) is 16.1 Å². The summed E-state index contributed by atoms with van der Waals surface area (Å²) in [5, 5.41) is 2.77. The average molecular weight is 408 g/mol. The van der Waals surface area contributed by atoms with Crippen LogP contribution < -0.4 is 5.32 Å². The third-order valence-corrected chi connectivity index (χ3v) is 5.26. The number of rotatable bonds is 9. The van der Waals surface area contributed by atoms with Crippen LogP contribution in [-0.4, -0.2) is 47.2 Å². The average Bonchev–Trinajstić information content (AvgIpc) is 3.04. The number of nitrogens with one attached hydrogen (secondary N) is 1. The first kappa shape index (κ1) is 21.6. The van der Waals surface area contributed by atoms with Gasteiger partial charge in [-0.25, -0.2) is 0 Å². The van der Waals surface area contributed by atoms with E-state index in [9.17, 15) is 14.4 Å². The topological polar surface area (TPSA) is 69.7 Å². The molecule has 1 heterocycles. The van der Waals surface area contributed by atoms with E-state index in [1.165, 1.54) is 0 Å². The lowest BCUT2D eigenvalue weighted by atomic mass is 10.0. The van der Waals surface area contributed by atoms with Crippen molar-refractivity contribution in [3.63, 3.8) is 0 Å². The van der Waals surface area contributed by atoms with Gasteiger partial charge in [0, 0.05) is 25.2 Å². The smallest absolute Gasteiger partial charge is 0.255 e. The lowest BCUT2D eigenvalue weighted by Gasteiger charge is -2.26. The van der Waals surface area contributed by atoms with Crippen molar-refractivity contribution in [2.45, 2.75) is 39.3 Å². The molecule has 6 nitrogen and oxygen atoms in total. The number of benzene rings is 2. The highest BCUT2D eigenvalue weighted by atomic mass is 16.2. The summed E-state index contributed by atoms with van der Waals surface area (Å²) in [6.07, 6.45) is 1.74. The molecule has 1 atom stereocenters. The summed E-state index contributed by atoms with van der Waals surface area (Å²) in [6, 6.07) is 16.0. The number of fused-ring (bicyclic) bond motifs is 1. The standard InChI is InChI=1S/C24H29N3O3/c1-3-14-26(15-4-2)21(28)16-25-23(29)22-19-12-8-9-13-20(19)24(30)27(22)17-18-10-6-5-7-11-18/h5-13,22H,3-4,14-17H2,1-2H3,(H,25,29)/t22-/m0/s1. The second-order valence-corrected chi connectivity index (χ2v) is 7.51. The first-order valence-corrected chi connectivity index (χ1v) is 10.6. The van der Waals surface area contributed by atoms with Gasteiger partial charge in [0.15, 0.2) is 0 Å². The Bertz CT molecular complexity index is 892. The van der Waals surface area contributed by atoms with Gasteiger partial charge in [0.25, 0.3) is 5.91 Å². The second kappa shape index (κ2) is 10.1. The summed E-state index contributed by atoms with van der Waals surface area (Å²) in [5.41, 5.74) is 2.17. The van der Waals surface area contributed by atoms with E-state index in [2.05, 4.69) is 5.32 Å². The lowest BCUT2D eigenvalue weighted by Crippen LogP contribution is -2.44. The number of carbonyl (C=O) groups excluding carboxylic acids is 3. The predicted molar refractivity (Wildman–Crippen MR) is 116 cm³/mol. The first-order valence-electron chi connectivity index (χ1n) is 10.6. The normalized spacial score (nSPS) is 15.1. The SMILES string of the molecule is CCCN(CCC)C(=O)CNC(=O)[C@@H]1c2ccccc2C(=O)N1Cc1ccccc1. The molecule has 0 radical (unpaired) electrons. The van der Waals surface area contributed by atoms with E-state index in [0.717, 1.165) is 18.4 Å². The zero-order chi connectivity index (χ0) is 21.5. The molecule has 0 fully saturated rings. The fraction of sp³-hybridized carbons (Fsp3) is 0.375. The Labute approximate surface area is 177 Å². The summed E-state index contributed by atoms with van der Waals surface area (Å²) in [4.78, 5) is 42.0. The molecule has 0 saturated carbocycles. The molecule has 6 heteroatoms. The maximum absolute atomic E-state index is 13.1. The van der Waals surface area contributed by atoms with Gasteiger partial charge >= 0.3 is 0 Å². The minimum absolute atomic E-state index is 0.0646. The van der Waals surface area contributed by atoms with E-state index in [1.807, 2.05) is 56.3 Å². The molecule has 1 aliphatic heterocycles. The number of nitrogens with zero attached hydrogens (tertiary/aromatic N) is 2. The highest BCUT2D eigenvalue weighted by molar-refractivity contribution is 6.05. The van der Waals surface area contributed by atoms with E-state index in [1.54, 1.807) is 21.9 Å². The highest BCUT2D eigenvalue weighted by Gasteiger charge is 2.40. The van der Waals surface area contributed by atoms with E-state index in [-0.39, 0.29) is 24.3 Å². The fourth-order valence-corrected chi connectivity index (χ4v) is 3.87. The Morgan fingerprint density at radius 2 is 1.60 bits per heavy atom. The van der Waals surface area contributed by atoms with Crippen LogP contribution in [0.25, 0.3) is 0 Å². The minimum atomic E-state index is -0.743. The Hall–Kier alpha value is -3.15. The van der Waals surface area contributed by atoms with Crippen molar-refractivity contribution >= 4 is 17.7 Å². The molecule has 2 aromatic rings. The van der Waals surface area contributed by atoms with Gasteiger partial charge in [0.2, 0.25) is 11.8 Å². The van der Waals surface area contributed by atoms with Crippen molar-refractivity contribution in [3.05, 3.63) is 71.3 Å². The van der Waals surface area contributed by atoms with Gasteiger partial charge in [-0.1, -0.05) is 62.4 Å². The van der Waals surface area contributed by atoms with Crippen molar-refractivity contribution in [2.75, 3.05) is 19.6 Å². The van der Waals surface area contributed by atoms with Gasteiger partial charge in [0.05, 0.1) is 6.54 Å². The molecule has 0 bridgehead atoms. The monoisotopic (exact) mass is 407 g/mol. The first-order chi connectivity index (χ1) is 14.6. The zero-order valence-electron chi connectivity index (χ0n) is 17.6. The third-order valence-electron chi connectivity index (χ3n) is 5.26. The van der Waals surface area contributed by atoms with Gasteiger partial charge in [0.1, 0.15) is 6.04 Å². The van der Waals surface area contributed by atoms with Crippen molar-refractivity contribution in [3.8, 4) is 0 Å². The maximum Gasteiger partial charge on any atom is 0.255 e. The molecule has 0 spiro atoms. The van der Waals surface area contributed by atoms with Crippen molar-refractivity contribution in [1.29, 1.82) is 0 Å². The van der Waals surface area contributed by atoms with Crippen LogP contribution in [0.1, 0.15) is 54.2 Å². The van der Waals surface area contributed by atoms with Crippen molar-refractivity contribution < 1.29 is 14.4 Å². The Kier molecular flexibility index (Phi) is 7.22. The number of carbonyl (C=O) groups is 3. The Morgan fingerprint density at radius 3 is 2.27 bits per heavy atom. The van der Waals surface area contributed by atoms with E-state index in [0.29, 0.717) is 30.8 Å². The van der Waals surface area contributed by atoms with E-state index >= 15 is 0 Å². The maximum atomic E-state index is 13.1. The van der Waals surface area contributed by atoms with Gasteiger partial charge in [-0.15, -0.1) is 0 Å². The lowest BCUT2D eigenvalue weighted by molar-refractivity contribution is -0.134. The molecule has 30 heavy (non-hydrogen) atoms. The van der Waals surface area contributed by atoms with Crippen LogP contribution in [0.3, 0.4) is 0 Å². The molecule has 1 aliphatic rings. The summed E-state index contributed by atoms with van der Waals surface area (Å²) in [7, 11) is 0. The number of hydrogen-bond donors (Lipinski definition) is 1. The molecular formula is C24H29N3O3. The van der Waals surface area contributed by atoms with Crippen LogP contribution >= 0.6 is 0 Å². The molecule has 2 aromatic carbocycles. The quantitative estimate of drug-likeness (QED) is 0.694. The van der Waals surface area contributed by atoms with Crippen LogP contribution in [0, 0.1) is 0 Å². The van der Waals surface area contributed by atoms with Gasteiger partial charge < -0.3 is 15.1 Å². The number of hydrogen-bond acceptors (Lipinski definition) is 3. The third kappa shape index (κ3) is 4.70. The largest absolute Gasteiger partial charge is 0.345 e. The predicted octanol–water partition coefficient (Wildman–Crippen LogP) is 3.15.